The summed E-state index contributed by atoms with van der Waals surface area (Å²) < 4.78 is 0. The Morgan fingerprint density at radius 2 is 1.82 bits per heavy atom. The van der Waals surface area contributed by atoms with Gasteiger partial charge >= 0.3 is 0 Å². The van der Waals surface area contributed by atoms with Gasteiger partial charge in [-0.15, -0.1) is 0 Å². The van der Waals surface area contributed by atoms with Crippen LogP contribution < -0.4 is 0 Å². The van der Waals surface area contributed by atoms with Gasteiger partial charge in [-0.1, -0.05) is 0 Å². The highest BCUT2D eigenvalue weighted by molar-refractivity contribution is 4.78. The van der Waals surface area contributed by atoms with E-state index in [1.165, 1.54) is 0 Å². The Kier molecular flexibility index (Phi) is 4.65. The van der Waals surface area contributed by atoms with E-state index < -0.39 is 12.2 Å². The Balaban J connectivity index is 3.90. The van der Waals surface area contributed by atoms with Gasteiger partial charge in [0.2, 0.25) is 0 Å². The third-order valence-electron chi connectivity index (χ3n) is 1.69. The van der Waals surface area contributed by atoms with Crippen molar-refractivity contribution in [1.29, 1.82) is 0 Å². The molecule has 3 unspecified atom stereocenters. The quantitative estimate of drug-likeness (QED) is 0.602. The van der Waals surface area contributed by atoms with E-state index in [-0.39, 0.29) is 6.04 Å². The van der Waals surface area contributed by atoms with Crippen LogP contribution in [0.4, 0.5) is 0 Å². The highest BCUT2D eigenvalue weighted by Crippen LogP contribution is 2.07. The molecule has 67 valence electrons. The molecule has 0 rings (SSSR count). The lowest BCUT2D eigenvalue weighted by Crippen LogP contribution is -2.39. The molecule has 0 heterocycles. The molecule has 0 spiro atoms. The van der Waals surface area contributed by atoms with Crippen LogP contribution in [0.2, 0.25) is 0 Å². The standard InChI is InChI=1S/C8H18NO2/c1-6(10)5-8(7(2)11)9(3)4/h6-8,10-11H,2,5H2,1,3-4H3. The molecule has 0 fully saturated rings. The zero-order chi connectivity index (χ0) is 9.02. The van der Waals surface area contributed by atoms with Gasteiger partial charge in [0, 0.05) is 6.04 Å². The van der Waals surface area contributed by atoms with Crippen molar-refractivity contribution in [3.05, 3.63) is 6.92 Å². The molecule has 0 amide bonds. The molecule has 0 aromatic rings. The van der Waals surface area contributed by atoms with Gasteiger partial charge in [0.25, 0.3) is 0 Å². The number of hydrogen-bond acceptors (Lipinski definition) is 3. The fourth-order valence-electron chi connectivity index (χ4n) is 1.06. The van der Waals surface area contributed by atoms with E-state index >= 15 is 0 Å². The van der Waals surface area contributed by atoms with Crippen molar-refractivity contribution < 1.29 is 10.2 Å². The average molecular weight is 160 g/mol. The predicted molar refractivity (Wildman–Crippen MR) is 45.1 cm³/mol. The minimum absolute atomic E-state index is 0.0602. The van der Waals surface area contributed by atoms with Crippen LogP contribution in [0.3, 0.4) is 0 Å². The predicted octanol–water partition coefficient (Wildman–Crippen LogP) is -0.118. The first-order valence-electron chi connectivity index (χ1n) is 3.80. The molecule has 0 aliphatic heterocycles. The SMILES string of the molecule is [CH2]C(O)C(CC(C)O)N(C)C. The molecule has 0 aromatic carbocycles. The number of likely N-dealkylation sites (N-methyl/N-ethyl adjacent to an activating group) is 1. The molecule has 3 heteroatoms. The minimum Gasteiger partial charge on any atom is -0.393 e. The number of aliphatic hydroxyl groups excluding tert-OH is 2. The first kappa shape index (κ1) is 10.9. The van der Waals surface area contributed by atoms with Gasteiger partial charge in [-0.2, -0.15) is 0 Å². The fraction of sp³-hybridized carbons (Fsp3) is 0.875. The van der Waals surface area contributed by atoms with Crippen LogP contribution in [0.25, 0.3) is 0 Å². The van der Waals surface area contributed by atoms with Gasteiger partial charge in [0.1, 0.15) is 0 Å². The molecule has 0 saturated heterocycles. The first-order chi connectivity index (χ1) is 4.95. The maximum Gasteiger partial charge on any atom is 0.0697 e. The highest BCUT2D eigenvalue weighted by Gasteiger charge is 2.18. The van der Waals surface area contributed by atoms with E-state index in [1.807, 2.05) is 19.0 Å². The molecule has 1 radical (unpaired) electrons. The van der Waals surface area contributed by atoms with Crippen LogP contribution in [0.1, 0.15) is 13.3 Å². The number of nitrogens with zero attached hydrogens (tertiary/aromatic N) is 1. The summed E-state index contributed by atoms with van der Waals surface area (Å²) in [5.74, 6) is 0. The first-order valence-corrected chi connectivity index (χ1v) is 3.80. The molecular formula is C8H18NO2. The zero-order valence-electron chi connectivity index (χ0n) is 7.49. The Labute approximate surface area is 68.6 Å². The van der Waals surface area contributed by atoms with Crippen LogP contribution in [-0.4, -0.2) is 47.5 Å². The maximum absolute atomic E-state index is 9.17. The number of hydrogen-bond donors (Lipinski definition) is 2. The summed E-state index contributed by atoms with van der Waals surface area (Å²) in [6.07, 6.45) is -0.476. The summed E-state index contributed by atoms with van der Waals surface area (Å²) in [5.41, 5.74) is 0. The second-order valence-corrected chi connectivity index (χ2v) is 3.18. The van der Waals surface area contributed by atoms with Crippen molar-refractivity contribution in [2.45, 2.75) is 31.6 Å². The van der Waals surface area contributed by atoms with Crippen molar-refractivity contribution >= 4 is 0 Å². The van der Waals surface area contributed by atoms with Crippen molar-refractivity contribution in [3.8, 4) is 0 Å². The Hall–Kier alpha value is -0.120. The summed E-state index contributed by atoms with van der Waals surface area (Å²) in [6, 6.07) is -0.0602. The van der Waals surface area contributed by atoms with Crippen LogP contribution in [0.5, 0.6) is 0 Å². The Bertz CT molecular complexity index is 94.3. The molecule has 0 saturated carbocycles. The maximum atomic E-state index is 9.17. The van der Waals surface area contributed by atoms with E-state index in [0.717, 1.165) is 0 Å². The molecule has 11 heavy (non-hydrogen) atoms. The molecule has 0 bridgehead atoms. The monoisotopic (exact) mass is 160 g/mol. The normalized spacial score (nSPS) is 19.9. The van der Waals surface area contributed by atoms with Crippen molar-refractivity contribution in [1.82, 2.24) is 4.90 Å². The summed E-state index contributed by atoms with van der Waals surface area (Å²) in [5, 5.41) is 18.2. The zero-order valence-corrected chi connectivity index (χ0v) is 7.49. The second kappa shape index (κ2) is 4.70. The van der Waals surface area contributed by atoms with Gasteiger partial charge in [-0.3, -0.25) is 0 Å². The molecule has 0 aliphatic carbocycles. The molecule has 3 atom stereocenters. The fourth-order valence-corrected chi connectivity index (χ4v) is 1.06. The Morgan fingerprint density at radius 1 is 1.36 bits per heavy atom. The van der Waals surface area contributed by atoms with E-state index in [1.54, 1.807) is 6.92 Å². The van der Waals surface area contributed by atoms with Gasteiger partial charge in [0.05, 0.1) is 12.2 Å². The topological polar surface area (TPSA) is 43.7 Å². The second-order valence-electron chi connectivity index (χ2n) is 3.18. The number of rotatable bonds is 4. The summed E-state index contributed by atoms with van der Waals surface area (Å²) in [6.45, 7) is 5.22. The third-order valence-corrected chi connectivity index (χ3v) is 1.69. The van der Waals surface area contributed by atoms with E-state index in [0.29, 0.717) is 6.42 Å². The largest absolute Gasteiger partial charge is 0.393 e. The molecule has 3 nitrogen and oxygen atoms in total. The lowest BCUT2D eigenvalue weighted by atomic mass is 10.0. The van der Waals surface area contributed by atoms with Crippen LogP contribution in [0.15, 0.2) is 0 Å². The molecule has 2 N–H and O–H groups in total. The summed E-state index contributed by atoms with van der Waals surface area (Å²) >= 11 is 0. The van der Waals surface area contributed by atoms with E-state index in [2.05, 4.69) is 6.92 Å². The van der Waals surface area contributed by atoms with Crippen molar-refractivity contribution in [2.75, 3.05) is 14.1 Å². The van der Waals surface area contributed by atoms with Crippen molar-refractivity contribution in [3.63, 3.8) is 0 Å². The van der Waals surface area contributed by atoms with Crippen molar-refractivity contribution in [2.24, 2.45) is 0 Å². The third kappa shape index (κ3) is 4.35. The van der Waals surface area contributed by atoms with Crippen LogP contribution in [0, 0.1) is 6.92 Å². The average Bonchev–Trinajstić information content (AvgIpc) is 1.81. The van der Waals surface area contributed by atoms with E-state index in [4.69, 9.17) is 10.2 Å². The Morgan fingerprint density at radius 3 is 1.91 bits per heavy atom. The molecule has 0 aliphatic rings. The van der Waals surface area contributed by atoms with E-state index in [9.17, 15) is 0 Å². The molecular weight excluding hydrogens is 142 g/mol. The lowest BCUT2D eigenvalue weighted by Gasteiger charge is -2.27. The minimum atomic E-state index is -0.639. The van der Waals surface area contributed by atoms with Gasteiger partial charge in [-0.25, -0.2) is 0 Å². The lowest BCUT2D eigenvalue weighted by molar-refractivity contribution is 0.0656. The number of aliphatic hydroxyl groups is 2. The molecule has 0 aromatic heterocycles. The smallest absolute Gasteiger partial charge is 0.0697 e. The highest BCUT2D eigenvalue weighted by atomic mass is 16.3. The summed E-state index contributed by atoms with van der Waals surface area (Å²) in [4.78, 5) is 1.87. The summed E-state index contributed by atoms with van der Waals surface area (Å²) in [7, 11) is 3.73. The van der Waals surface area contributed by atoms with Crippen LogP contribution >= 0.6 is 0 Å². The van der Waals surface area contributed by atoms with Gasteiger partial charge in [0.15, 0.2) is 0 Å². The van der Waals surface area contributed by atoms with Crippen LogP contribution in [-0.2, 0) is 0 Å². The van der Waals surface area contributed by atoms with Gasteiger partial charge in [-0.05, 0) is 34.4 Å². The van der Waals surface area contributed by atoms with Gasteiger partial charge < -0.3 is 15.1 Å².